The predicted molar refractivity (Wildman–Crippen MR) is 87.7 cm³/mol. The largest absolute Gasteiger partial charge is 0.348 e. The smallest absolute Gasteiger partial charge is 0.251 e. The van der Waals surface area contributed by atoms with E-state index in [1.807, 2.05) is 0 Å². The standard InChI is InChI=1S/C16H21FN2O2S/c1-10(20)18-14-9-11(7-8-12(14)17)16(21)19-13-5-3-4-6-15(13)22-2/h7-9,13,15H,3-6H2,1-2H3,(H,18,20)(H,19,21)/t13-,15-/m1/s1. The van der Waals surface area contributed by atoms with Crippen molar-refractivity contribution in [3.05, 3.63) is 29.6 Å². The SMILES string of the molecule is CS[C@@H]1CCCC[C@H]1NC(=O)c1ccc(F)c(NC(C)=O)c1. The Morgan fingerprint density at radius 3 is 2.68 bits per heavy atom. The van der Waals surface area contributed by atoms with Crippen LogP contribution in [0.3, 0.4) is 0 Å². The van der Waals surface area contributed by atoms with Gasteiger partial charge in [-0.05, 0) is 37.3 Å². The molecule has 1 fully saturated rings. The number of carbonyl (C=O) groups is 2. The number of thioether (sulfide) groups is 1. The fraction of sp³-hybridized carbons (Fsp3) is 0.500. The summed E-state index contributed by atoms with van der Waals surface area (Å²) < 4.78 is 13.6. The average Bonchev–Trinajstić information content (AvgIpc) is 2.49. The molecule has 0 heterocycles. The molecular formula is C16H21FN2O2S. The molecule has 0 unspecified atom stereocenters. The summed E-state index contributed by atoms with van der Waals surface area (Å²) in [6, 6.07) is 4.16. The van der Waals surface area contributed by atoms with Crippen LogP contribution in [0.15, 0.2) is 18.2 Å². The lowest BCUT2D eigenvalue weighted by atomic mass is 9.94. The molecule has 0 saturated heterocycles. The molecule has 0 radical (unpaired) electrons. The molecule has 0 spiro atoms. The molecule has 2 atom stereocenters. The Kier molecular flexibility index (Phi) is 5.83. The molecule has 0 bridgehead atoms. The first kappa shape index (κ1) is 16.8. The zero-order valence-corrected chi connectivity index (χ0v) is 13.6. The molecule has 4 nitrogen and oxygen atoms in total. The van der Waals surface area contributed by atoms with Crippen LogP contribution >= 0.6 is 11.8 Å². The minimum atomic E-state index is -0.550. The molecule has 1 aliphatic rings. The Bertz CT molecular complexity index is 565. The highest BCUT2D eigenvalue weighted by Gasteiger charge is 2.26. The number of amides is 2. The predicted octanol–water partition coefficient (Wildman–Crippen LogP) is 3.19. The van der Waals surface area contributed by atoms with Crippen LogP contribution in [0.2, 0.25) is 0 Å². The van der Waals surface area contributed by atoms with E-state index in [1.54, 1.807) is 11.8 Å². The molecule has 1 saturated carbocycles. The first-order valence-corrected chi connectivity index (χ1v) is 8.71. The zero-order chi connectivity index (χ0) is 16.1. The van der Waals surface area contributed by atoms with Crippen LogP contribution in [-0.4, -0.2) is 29.4 Å². The first-order chi connectivity index (χ1) is 10.5. The minimum Gasteiger partial charge on any atom is -0.348 e. The molecule has 1 aromatic carbocycles. The average molecular weight is 324 g/mol. The van der Waals surface area contributed by atoms with Crippen molar-refractivity contribution in [2.24, 2.45) is 0 Å². The fourth-order valence-electron chi connectivity index (χ4n) is 2.75. The van der Waals surface area contributed by atoms with Gasteiger partial charge in [0.25, 0.3) is 5.91 Å². The van der Waals surface area contributed by atoms with Gasteiger partial charge in [0.1, 0.15) is 5.82 Å². The maximum atomic E-state index is 13.6. The number of hydrogen-bond donors (Lipinski definition) is 2. The van der Waals surface area contributed by atoms with Gasteiger partial charge in [-0.25, -0.2) is 4.39 Å². The molecule has 0 aliphatic heterocycles. The molecule has 2 rings (SSSR count). The van der Waals surface area contributed by atoms with E-state index < -0.39 is 5.82 Å². The quantitative estimate of drug-likeness (QED) is 0.894. The van der Waals surface area contributed by atoms with Crippen molar-refractivity contribution in [1.29, 1.82) is 0 Å². The lowest BCUT2D eigenvalue weighted by Crippen LogP contribution is -2.43. The fourth-order valence-corrected chi connectivity index (χ4v) is 3.68. The van der Waals surface area contributed by atoms with Gasteiger partial charge >= 0.3 is 0 Å². The van der Waals surface area contributed by atoms with Gasteiger partial charge in [-0.1, -0.05) is 12.8 Å². The van der Waals surface area contributed by atoms with Crippen molar-refractivity contribution in [1.82, 2.24) is 5.32 Å². The first-order valence-electron chi connectivity index (χ1n) is 7.42. The summed E-state index contributed by atoms with van der Waals surface area (Å²) in [4.78, 5) is 23.4. The molecule has 2 amide bonds. The Hall–Kier alpha value is -1.56. The Morgan fingerprint density at radius 2 is 2.00 bits per heavy atom. The number of benzene rings is 1. The third-order valence-corrected chi connectivity index (χ3v) is 5.03. The van der Waals surface area contributed by atoms with Gasteiger partial charge in [0.2, 0.25) is 5.91 Å². The van der Waals surface area contributed by atoms with Gasteiger partial charge in [0, 0.05) is 23.8 Å². The summed E-state index contributed by atoms with van der Waals surface area (Å²) in [6.07, 6.45) is 6.44. The third-order valence-electron chi connectivity index (χ3n) is 3.86. The molecule has 22 heavy (non-hydrogen) atoms. The summed E-state index contributed by atoms with van der Waals surface area (Å²) in [7, 11) is 0. The number of nitrogens with one attached hydrogen (secondary N) is 2. The van der Waals surface area contributed by atoms with Crippen molar-refractivity contribution >= 4 is 29.3 Å². The van der Waals surface area contributed by atoms with E-state index in [2.05, 4.69) is 16.9 Å². The van der Waals surface area contributed by atoms with Crippen molar-refractivity contribution in [2.75, 3.05) is 11.6 Å². The highest BCUT2D eigenvalue weighted by atomic mass is 32.2. The van der Waals surface area contributed by atoms with Crippen LogP contribution in [0.25, 0.3) is 0 Å². The van der Waals surface area contributed by atoms with Gasteiger partial charge in [-0.3, -0.25) is 9.59 Å². The van der Waals surface area contributed by atoms with Crippen molar-refractivity contribution in [3.63, 3.8) is 0 Å². The Balaban J connectivity index is 2.10. The van der Waals surface area contributed by atoms with Gasteiger partial charge < -0.3 is 10.6 Å². The van der Waals surface area contributed by atoms with Crippen LogP contribution in [0, 0.1) is 5.82 Å². The van der Waals surface area contributed by atoms with E-state index in [4.69, 9.17) is 0 Å². The van der Waals surface area contributed by atoms with Crippen molar-refractivity contribution in [3.8, 4) is 0 Å². The topological polar surface area (TPSA) is 58.2 Å². The highest BCUT2D eigenvalue weighted by Crippen LogP contribution is 2.27. The molecule has 1 aromatic rings. The van der Waals surface area contributed by atoms with Crippen LogP contribution < -0.4 is 10.6 Å². The zero-order valence-electron chi connectivity index (χ0n) is 12.8. The molecule has 120 valence electrons. The van der Waals surface area contributed by atoms with E-state index in [0.717, 1.165) is 19.3 Å². The monoisotopic (exact) mass is 324 g/mol. The van der Waals surface area contributed by atoms with Gasteiger partial charge in [0.05, 0.1) is 5.69 Å². The van der Waals surface area contributed by atoms with Gasteiger partial charge in [-0.2, -0.15) is 11.8 Å². The second-order valence-electron chi connectivity index (χ2n) is 5.51. The van der Waals surface area contributed by atoms with Gasteiger partial charge in [0.15, 0.2) is 0 Å². The second-order valence-corrected chi connectivity index (χ2v) is 6.59. The maximum Gasteiger partial charge on any atom is 0.251 e. The number of anilines is 1. The normalized spacial score (nSPS) is 21.2. The lowest BCUT2D eigenvalue weighted by molar-refractivity contribution is -0.114. The van der Waals surface area contributed by atoms with Crippen LogP contribution in [0.1, 0.15) is 43.0 Å². The molecule has 2 N–H and O–H groups in total. The molecule has 0 aromatic heterocycles. The number of hydrogen-bond acceptors (Lipinski definition) is 3. The molecule has 6 heteroatoms. The number of carbonyl (C=O) groups excluding carboxylic acids is 2. The van der Waals surface area contributed by atoms with Crippen LogP contribution in [-0.2, 0) is 4.79 Å². The number of rotatable bonds is 4. The van der Waals surface area contributed by atoms with Crippen LogP contribution in [0.5, 0.6) is 0 Å². The third kappa shape index (κ3) is 4.22. The van der Waals surface area contributed by atoms with Gasteiger partial charge in [-0.15, -0.1) is 0 Å². The molecule has 1 aliphatic carbocycles. The summed E-state index contributed by atoms with van der Waals surface area (Å²) >= 11 is 1.77. The minimum absolute atomic E-state index is 0.0326. The van der Waals surface area contributed by atoms with Crippen molar-refractivity contribution < 1.29 is 14.0 Å². The van der Waals surface area contributed by atoms with Crippen molar-refractivity contribution in [2.45, 2.75) is 43.9 Å². The summed E-state index contributed by atoms with van der Waals surface area (Å²) in [5.41, 5.74) is 0.390. The van der Waals surface area contributed by atoms with E-state index in [-0.39, 0.29) is 23.5 Å². The Morgan fingerprint density at radius 1 is 1.27 bits per heavy atom. The number of halogens is 1. The Labute approximate surface area is 134 Å². The summed E-state index contributed by atoms with van der Waals surface area (Å²) in [5.74, 6) is -1.14. The van der Waals surface area contributed by atoms with E-state index in [9.17, 15) is 14.0 Å². The van der Waals surface area contributed by atoms with E-state index in [0.29, 0.717) is 10.8 Å². The second kappa shape index (κ2) is 7.63. The summed E-state index contributed by atoms with van der Waals surface area (Å²) in [5, 5.41) is 5.86. The van der Waals surface area contributed by atoms with Crippen LogP contribution in [0.4, 0.5) is 10.1 Å². The van der Waals surface area contributed by atoms with E-state index >= 15 is 0 Å². The van der Waals surface area contributed by atoms with E-state index in [1.165, 1.54) is 31.5 Å². The summed E-state index contributed by atoms with van der Waals surface area (Å²) in [6.45, 7) is 1.30. The highest BCUT2D eigenvalue weighted by molar-refractivity contribution is 7.99. The lowest BCUT2D eigenvalue weighted by Gasteiger charge is -2.31. The molecular weight excluding hydrogens is 303 g/mol. The maximum absolute atomic E-state index is 13.6.